The molecule has 6 aromatic rings. The molecule has 6 aromatic carbocycles. The number of hydrogen-bond acceptors (Lipinski definition) is 15. The highest BCUT2D eigenvalue weighted by Crippen LogP contribution is 2.45. The van der Waals surface area contributed by atoms with E-state index in [1.165, 1.54) is 54.6 Å². The van der Waals surface area contributed by atoms with Gasteiger partial charge in [0.15, 0.2) is 23.6 Å². The summed E-state index contributed by atoms with van der Waals surface area (Å²) in [7, 11) is 0. The molecule has 0 radical (unpaired) electrons. The number of ether oxygens (including phenoxy) is 3. The lowest BCUT2D eigenvalue weighted by Gasteiger charge is -2.22. The van der Waals surface area contributed by atoms with Gasteiger partial charge in [-0.05, 0) is 124 Å². The number of urea groups is 2. The molecule has 1 aliphatic heterocycles. The van der Waals surface area contributed by atoms with Crippen LogP contribution in [0.2, 0.25) is 0 Å². The molecule has 558 valence electrons. The van der Waals surface area contributed by atoms with Gasteiger partial charge in [0.2, 0.25) is 11.8 Å². The molecule has 0 bridgehead atoms. The number of nitrogens with one attached hydrogen (secondary N) is 8. The van der Waals surface area contributed by atoms with Crippen molar-refractivity contribution < 1.29 is 86.1 Å². The lowest BCUT2D eigenvalue weighted by Crippen LogP contribution is -2.25. The fourth-order valence-electron chi connectivity index (χ4n) is 9.33. The zero-order chi connectivity index (χ0) is 75.7. The Labute approximate surface area is 585 Å². The second-order valence-electron chi connectivity index (χ2n) is 22.3. The zero-order valence-electron chi connectivity index (χ0n) is 54.5. The van der Waals surface area contributed by atoms with E-state index in [-0.39, 0.29) is 124 Å². The van der Waals surface area contributed by atoms with E-state index < -0.39 is 88.6 Å². The van der Waals surface area contributed by atoms with Gasteiger partial charge in [-0.3, -0.25) is 19.6 Å². The topological polar surface area (TPSA) is 437 Å². The summed E-state index contributed by atoms with van der Waals surface area (Å²) in [5, 5.41) is 20.6. The molecule has 0 saturated carbocycles. The van der Waals surface area contributed by atoms with Crippen LogP contribution in [0.4, 0.5) is 108 Å². The summed E-state index contributed by atoms with van der Waals surface area (Å²) in [5.41, 5.74) is 37.4. The van der Waals surface area contributed by atoms with Gasteiger partial charge in [0.25, 0.3) is 0 Å². The van der Waals surface area contributed by atoms with E-state index in [9.17, 15) is 71.9 Å². The molecule has 0 aromatic heterocycles. The summed E-state index contributed by atoms with van der Waals surface area (Å²) in [4.78, 5) is 63.2. The number of hydrogen-bond donors (Lipinski definition) is 16. The molecule has 1 fully saturated rings. The smallest absolute Gasteiger partial charge is 0.416 e. The fourth-order valence-corrected chi connectivity index (χ4v) is 10.2. The Balaban J connectivity index is 0.000000324. The Morgan fingerprint density at radius 1 is 0.495 bits per heavy atom. The summed E-state index contributed by atoms with van der Waals surface area (Å²) < 4.78 is 182. The van der Waals surface area contributed by atoms with E-state index in [0.717, 1.165) is 54.2 Å². The predicted molar refractivity (Wildman–Crippen MR) is 370 cm³/mol. The number of guanidine groups is 3. The third-order valence-corrected chi connectivity index (χ3v) is 15.0. The molecule has 26 nitrogen and oxygen atoms in total. The molecular weight excluding hydrogens is 1410 g/mol. The minimum Gasteiger partial charge on any atom is -0.485 e. The Morgan fingerprint density at radius 3 is 1.43 bits per heavy atom. The number of amides is 6. The first kappa shape index (κ1) is 81.2. The maximum absolute atomic E-state index is 14.0. The Bertz CT molecular complexity index is 3980. The third-order valence-electron chi connectivity index (χ3n) is 13.8. The largest absolute Gasteiger partial charge is 0.485 e. The number of rotatable bonds is 30. The van der Waals surface area contributed by atoms with Gasteiger partial charge in [-0.1, -0.05) is 12.1 Å². The first-order chi connectivity index (χ1) is 48.5. The van der Waals surface area contributed by atoms with Crippen LogP contribution in [-0.2, 0) is 34.3 Å². The molecule has 6 amide bonds. The van der Waals surface area contributed by atoms with Crippen molar-refractivity contribution >= 4 is 99.0 Å². The highest BCUT2D eigenvalue weighted by Gasteiger charge is 2.37. The second-order valence-corrected chi connectivity index (χ2v) is 23.4. The molecule has 24 N–H and O–H groups in total. The first-order valence-electron chi connectivity index (χ1n) is 31.2. The Hall–Kier alpha value is -10.8. The van der Waals surface area contributed by atoms with Crippen LogP contribution in [-0.4, -0.2) is 99.4 Å². The van der Waals surface area contributed by atoms with Crippen molar-refractivity contribution in [2.45, 2.75) is 87.1 Å². The first-order valence-corrected chi connectivity index (χ1v) is 32.1. The van der Waals surface area contributed by atoms with Crippen molar-refractivity contribution in [1.82, 2.24) is 5.32 Å². The number of aliphatic imine (C=N–C) groups is 3. The molecule has 0 spiro atoms. The number of nitrogens with zero attached hydrogens (tertiary/aromatic N) is 3. The van der Waals surface area contributed by atoms with Crippen LogP contribution in [0, 0.1) is 0 Å². The Morgan fingerprint density at radius 2 is 0.951 bits per heavy atom. The SMILES string of the molecule is NC(N)=NCCCCC(=O)Nc1cc(C(F)(F)F)cc(NC(=O)Nc2cccc(Oc3cc(N=C(N)N)cc(C(F)(F)F)c3)c2)c1O[C@@H]1CCNC1.NCCCNc1cc(Oc2cccc(NC(=O)Nc3cc(C(F)(F)F)cc(NC(=O)CCCCN=C(N)N)c3SCCN)c2)cc(C(F)(F)F)c1. The third kappa shape index (κ3) is 27.9. The second kappa shape index (κ2) is 37.7. The van der Waals surface area contributed by atoms with E-state index in [4.69, 9.17) is 60.1 Å². The van der Waals surface area contributed by atoms with Gasteiger partial charge >= 0.3 is 36.8 Å². The quantitative estimate of drug-likeness (QED) is 0.00655. The van der Waals surface area contributed by atoms with Crippen LogP contribution in [0.25, 0.3) is 0 Å². The molecule has 0 aliphatic carbocycles. The molecule has 103 heavy (non-hydrogen) atoms. The fraction of sp³-hybridized carbons (Fsp3) is 0.328. The van der Waals surface area contributed by atoms with E-state index in [1.807, 2.05) is 0 Å². The molecule has 1 atom stereocenters. The summed E-state index contributed by atoms with van der Waals surface area (Å²) >= 11 is 1.03. The number of unbranched alkanes of at least 4 members (excludes halogenated alkanes) is 2. The van der Waals surface area contributed by atoms with Crippen molar-refractivity contribution in [3.63, 3.8) is 0 Å². The van der Waals surface area contributed by atoms with Gasteiger partial charge in [-0.25, -0.2) is 14.6 Å². The predicted octanol–water partition coefficient (Wildman–Crippen LogP) is 11.5. The molecule has 1 heterocycles. The maximum atomic E-state index is 14.0. The maximum Gasteiger partial charge on any atom is 0.416 e. The number of thioether (sulfide) groups is 1. The monoisotopic (exact) mass is 1480 g/mol. The minimum atomic E-state index is -4.88. The average Bonchev–Trinajstić information content (AvgIpc) is 1.26. The van der Waals surface area contributed by atoms with E-state index in [0.29, 0.717) is 76.8 Å². The summed E-state index contributed by atoms with van der Waals surface area (Å²) in [5.74, 6) is -2.25. The lowest BCUT2D eigenvalue weighted by atomic mass is 10.1. The number of anilines is 7. The van der Waals surface area contributed by atoms with Crippen LogP contribution in [0.1, 0.15) is 73.6 Å². The number of alkyl halides is 12. The number of carbonyl (C=O) groups is 4. The number of nitrogens with two attached hydrogens (primary N) is 8. The van der Waals surface area contributed by atoms with Crippen LogP contribution in [0.5, 0.6) is 28.7 Å². The van der Waals surface area contributed by atoms with Crippen molar-refractivity contribution in [3.8, 4) is 28.7 Å². The van der Waals surface area contributed by atoms with E-state index >= 15 is 0 Å². The molecule has 7 rings (SSSR count). The standard InChI is InChI=1S/C32H36F6N10O4.C32H39F6N9O3S/c33-31(34,35)17-10-20(45-29(41)42)15-23(11-17)51-21-5-3-4-19(14-21)46-30(50)48-25-13-18(32(36,37)38)12-24(27(25)52-22-7-9-43-16-22)47-26(49)6-1-2-8-44-28(39)40;33-31(34,35)19-13-22(43-11-4-8-39)18-24(14-19)50-23-6-3-5-21(17-23)45-30(49)47-26-16-20(32(36,37)38)15-25(28(26)51-12-9-40)46-27(48)7-1-2-10-44-29(41)42/h3-5,10-15,22,43H,1-2,6-9,16H2,(H,47,49)(H4,39,40,44)(H4,41,42,45)(H2,46,48,50);3,5-6,13-18,43H,1-2,4,7-12,39-40H2,(H,46,48)(H4,41,42,44)(H2,45,47,49)/t22-;/m1./s1. The zero-order valence-corrected chi connectivity index (χ0v) is 55.4. The van der Waals surface area contributed by atoms with E-state index in [1.54, 1.807) is 0 Å². The van der Waals surface area contributed by atoms with Gasteiger partial charge in [-0.15, -0.1) is 11.8 Å². The number of benzene rings is 6. The Kier molecular flexibility index (Phi) is 29.7. The molecule has 39 heteroatoms. The van der Waals surface area contributed by atoms with Crippen LogP contribution in [0.3, 0.4) is 0 Å². The van der Waals surface area contributed by atoms with Gasteiger partial charge in [-0.2, -0.15) is 52.7 Å². The van der Waals surface area contributed by atoms with Gasteiger partial charge in [0, 0.05) is 92.6 Å². The van der Waals surface area contributed by atoms with Crippen LogP contribution >= 0.6 is 11.8 Å². The van der Waals surface area contributed by atoms with Gasteiger partial charge in [0.05, 0.1) is 55.6 Å². The highest BCUT2D eigenvalue weighted by molar-refractivity contribution is 7.99. The van der Waals surface area contributed by atoms with Crippen molar-refractivity contribution in [2.75, 3.05) is 88.8 Å². The summed E-state index contributed by atoms with van der Waals surface area (Å²) in [6, 6.07) is 17.7. The number of carbonyl (C=O) groups excluding carboxylic acids is 4. The molecule has 1 saturated heterocycles. The average molecular weight is 1480 g/mol. The van der Waals surface area contributed by atoms with E-state index in [2.05, 4.69) is 57.5 Å². The van der Waals surface area contributed by atoms with Crippen LogP contribution < -0.4 is 103 Å². The highest BCUT2D eigenvalue weighted by atomic mass is 32.2. The minimum absolute atomic E-state index is 0.0205. The molecule has 1 aliphatic rings. The molecular formula is C64H75F12N19O7S. The summed E-state index contributed by atoms with van der Waals surface area (Å²) in [6.07, 6.45) is -17.1. The van der Waals surface area contributed by atoms with Crippen molar-refractivity contribution in [3.05, 3.63) is 131 Å². The summed E-state index contributed by atoms with van der Waals surface area (Å²) in [6.45, 7) is 2.27. The van der Waals surface area contributed by atoms with Crippen molar-refractivity contribution in [2.24, 2.45) is 60.8 Å². The van der Waals surface area contributed by atoms with Crippen molar-refractivity contribution in [1.29, 1.82) is 0 Å². The normalized spacial score (nSPS) is 12.9. The number of halogens is 12. The van der Waals surface area contributed by atoms with Gasteiger partial charge in [0.1, 0.15) is 29.1 Å². The lowest BCUT2D eigenvalue weighted by molar-refractivity contribution is -0.138. The molecule has 0 unspecified atom stereocenters. The van der Waals surface area contributed by atoms with Crippen LogP contribution in [0.15, 0.2) is 129 Å². The van der Waals surface area contributed by atoms with Gasteiger partial charge < -0.3 is 103 Å².